The van der Waals surface area contributed by atoms with Gasteiger partial charge in [-0.25, -0.2) is 9.89 Å². The molecule has 1 rings (SSSR count). The Bertz CT molecular complexity index is 404. The summed E-state index contributed by atoms with van der Waals surface area (Å²) in [7, 11) is 1.64. The smallest absolute Gasteiger partial charge is 0.302 e. The van der Waals surface area contributed by atoms with Crippen LogP contribution in [0.15, 0.2) is 9.95 Å². The van der Waals surface area contributed by atoms with E-state index in [9.17, 15) is 4.79 Å². The summed E-state index contributed by atoms with van der Waals surface area (Å²) in [6.07, 6.45) is 0. The highest BCUT2D eigenvalue weighted by Crippen LogP contribution is 2.12. The number of hydrogen-bond acceptors (Lipinski definition) is 5. The molecule has 0 aliphatic carbocycles. The average molecular weight is 227 g/mol. The largest absolute Gasteiger partial charge is 0.343 e. The van der Waals surface area contributed by atoms with E-state index in [0.717, 1.165) is 6.54 Å². The molecule has 1 aromatic rings. The monoisotopic (exact) mass is 227 g/mol. The van der Waals surface area contributed by atoms with Crippen LogP contribution in [-0.2, 0) is 7.05 Å². The lowest BCUT2D eigenvalue weighted by molar-refractivity contribution is 0.675. The minimum absolute atomic E-state index is 0.216. The van der Waals surface area contributed by atoms with E-state index < -0.39 is 0 Å². The maximum Gasteiger partial charge on any atom is 0.343 e. The summed E-state index contributed by atoms with van der Waals surface area (Å²) < 4.78 is 1.42. The Morgan fingerprint density at radius 2 is 2.53 bits per heavy atom. The highest BCUT2D eigenvalue weighted by molar-refractivity contribution is 7.99. The molecule has 0 spiro atoms. The zero-order valence-electron chi connectivity index (χ0n) is 8.65. The molecule has 0 fully saturated rings. The van der Waals surface area contributed by atoms with Crippen molar-refractivity contribution in [3.8, 4) is 6.07 Å². The summed E-state index contributed by atoms with van der Waals surface area (Å²) in [5.74, 6) is 0.572. The van der Waals surface area contributed by atoms with Gasteiger partial charge in [0.05, 0.1) is 6.07 Å². The molecule has 1 atom stereocenters. The normalized spacial score (nSPS) is 12.3. The van der Waals surface area contributed by atoms with Crippen molar-refractivity contribution in [1.82, 2.24) is 20.1 Å². The van der Waals surface area contributed by atoms with Gasteiger partial charge in [-0.2, -0.15) is 5.26 Å². The molecule has 0 radical (unpaired) electrons. The fourth-order valence-electron chi connectivity index (χ4n) is 1.01. The highest BCUT2D eigenvalue weighted by atomic mass is 32.2. The fourth-order valence-corrected chi connectivity index (χ4v) is 1.90. The average Bonchev–Trinajstić information content (AvgIpc) is 2.55. The summed E-state index contributed by atoms with van der Waals surface area (Å²) in [5, 5.41) is 18.6. The molecule has 0 aliphatic rings. The van der Waals surface area contributed by atoms with Crippen LogP contribution < -0.4 is 11.0 Å². The first kappa shape index (κ1) is 11.8. The van der Waals surface area contributed by atoms with Crippen molar-refractivity contribution < 1.29 is 0 Å². The summed E-state index contributed by atoms with van der Waals surface area (Å²) in [6.45, 7) is 2.69. The Kier molecular flexibility index (Phi) is 4.39. The molecule has 7 heteroatoms. The van der Waals surface area contributed by atoms with Crippen LogP contribution in [0.2, 0.25) is 0 Å². The molecule has 1 aromatic heterocycles. The second-order valence-electron chi connectivity index (χ2n) is 2.92. The number of nitrogens with zero attached hydrogens (tertiary/aromatic N) is 3. The van der Waals surface area contributed by atoms with Crippen molar-refractivity contribution in [3.05, 3.63) is 10.5 Å². The topological polar surface area (TPSA) is 86.5 Å². The van der Waals surface area contributed by atoms with Crippen molar-refractivity contribution in [2.45, 2.75) is 18.1 Å². The van der Waals surface area contributed by atoms with Gasteiger partial charge >= 0.3 is 5.69 Å². The van der Waals surface area contributed by atoms with Crippen LogP contribution in [0.3, 0.4) is 0 Å². The van der Waals surface area contributed by atoms with E-state index in [1.807, 2.05) is 6.92 Å². The number of aromatic nitrogens is 3. The quantitative estimate of drug-likeness (QED) is 0.675. The number of hydrogen-bond donors (Lipinski definition) is 2. The molecule has 0 bridgehead atoms. The van der Waals surface area contributed by atoms with Crippen LogP contribution >= 0.6 is 11.8 Å². The second-order valence-corrected chi connectivity index (χ2v) is 3.91. The van der Waals surface area contributed by atoms with Crippen molar-refractivity contribution in [3.63, 3.8) is 0 Å². The zero-order chi connectivity index (χ0) is 11.3. The Hall–Kier alpha value is -1.26. The van der Waals surface area contributed by atoms with E-state index in [2.05, 4.69) is 21.6 Å². The molecule has 6 nitrogen and oxygen atoms in total. The molecule has 0 aliphatic heterocycles. The summed E-state index contributed by atoms with van der Waals surface area (Å²) in [5.41, 5.74) is -0.241. The molecule has 82 valence electrons. The Morgan fingerprint density at radius 3 is 3.00 bits per heavy atom. The van der Waals surface area contributed by atoms with Crippen molar-refractivity contribution >= 4 is 11.8 Å². The third-order valence-electron chi connectivity index (χ3n) is 1.82. The number of rotatable bonds is 5. The molecule has 0 saturated heterocycles. The van der Waals surface area contributed by atoms with Gasteiger partial charge < -0.3 is 5.32 Å². The van der Waals surface area contributed by atoms with Crippen LogP contribution in [0, 0.1) is 11.3 Å². The van der Waals surface area contributed by atoms with Crippen molar-refractivity contribution in [1.29, 1.82) is 5.26 Å². The first-order valence-corrected chi connectivity index (χ1v) is 5.54. The molecule has 2 N–H and O–H groups in total. The molecule has 1 heterocycles. The first-order chi connectivity index (χ1) is 7.19. The molecular formula is C8H13N5OS. The minimum Gasteiger partial charge on any atom is -0.302 e. The molecule has 0 saturated carbocycles. The van der Waals surface area contributed by atoms with Crippen LogP contribution in [0.1, 0.15) is 6.92 Å². The lowest BCUT2D eigenvalue weighted by Crippen LogP contribution is -2.29. The molecule has 15 heavy (non-hydrogen) atoms. The highest BCUT2D eigenvalue weighted by Gasteiger charge is 2.09. The standard InChI is InChI=1S/C8H13N5OS/c1-3-10-6(4-9)5-15-8-12-11-7(14)13(8)2/h6,10H,3,5H2,1-2H3,(H,11,14). The van der Waals surface area contributed by atoms with E-state index in [1.165, 1.54) is 16.3 Å². The Morgan fingerprint density at radius 1 is 1.80 bits per heavy atom. The maximum atomic E-state index is 11.0. The number of thioether (sulfide) groups is 1. The van der Waals surface area contributed by atoms with Gasteiger partial charge in [0.2, 0.25) is 0 Å². The maximum absolute atomic E-state index is 11.0. The van der Waals surface area contributed by atoms with Gasteiger partial charge in [-0.3, -0.25) is 4.57 Å². The van der Waals surface area contributed by atoms with Crippen LogP contribution in [0.5, 0.6) is 0 Å². The Labute approximate surface area is 91.7 Å². The number of nitriles is 1. The fraction of sp³-hybridized carbons (Fsp3) is 0.625. The summed E-state index contributed by atoms with van der Waals surface area (Å²) in [6, 6.07) is 1.93. The van der Waals surface area contributed by atoms with E-state index in [0.29, 0.717) is 10.9 Å². The van der Waals surface area contributed by atoms with Gasteiger partial charge in [-0.1, -0.05) is 18.7 Å². The number of H-pyrrole nitrogens is 1. The van der Waals surface area contributed by atoms with Crippen molar-refractivity contribution in [2.75, 3.05) is 12.3 Å². The molecule has 1 unspecified atom stereocenters. The van der Waals surface area contributed by atoms with Gasteiger partial charge in [-0.15, -0.1) is 5.10 Å². The van der Waals surface area contributed by atoms with E-state index in [1.54, 1.807) is 7.05 Å². The Balaban J connectivity index is 2.53. The lowest BCUT2D eigenvalue weighted by Gasteiger charge is -2.07. The number of aromatic amines is 1. The van der Waals surface area contributed by atoms with E-state index in [4.69, 9.17) is 5.26 Å². The predicted octanol–water partition coefficient (Wildman–Crippen LogP) is -0.298. The van der Waals surface area contributed by atoms with Crippen LogP contribution in [-0.4, -0.2) is 33.1 Å². The predicted molar refractivity (Wildman–Crippen MR) is 57.6 cm³/mol. The van der Waals surface area contributed by atoms with Crippen LogP contribution in [0.4, 0.5) is 0 Å². The summed E-state index contributed by atoms with van der Waals surface area (Å²) in [4.78, 5) is 11.0. The summed E-state index contributed by atoms with van der Waals surface area (Å²) >= 11 is 1.38. The van der Waals surface area contributed by atoms with E-state index >= 15 is 0 Å². The van der Waals surface area contributed by atoms with Gasteiger partial charge in [0.25, 0.3) is 0 Å². The molecular weight excluding hydrogens is 214 g/mol. The van der Waals surface area contributed by atoms with Gasteiger partial charge in [0.1, 0.15) is 6.04 Å². The van der Waals surface area contributed by atoms with Gasteiger partial charge in [0.15, 0.2) is 5.16 Å². The zero-order valence-corrected chi connectivity index (χ0v) is 9.47. The minimum atomic E-state index is -0.241. The van der Waals surface area contributed by atoms with Crippen molar-refractivity contribution in [2.24, 2.45) is 7.05 Å². The first-order valence-electron chi connectivity index (χ1n) is 4.56. The van der Waals surface area contributed by atoms with Gasteiger partial charge in [0, 0.05) is 12.8 Å². The third kappa shape index (κ3) is 3.11. The molecule has 0 amide bonds. The van der Waals surface area contributed by atoms with E-state index in [-0.39, 0.29) is 11.7 Å². The SMILES string of the molecule is CCNC(C#N)CSc1n[nH]c(=O)n1C. The second kappa shape index (κ2) is 5.58. The molecule has 0 aromatic carbocycles. The van der Waals surface area contributed by atoms with Crippen LogP contribution in [0.25, 0.3) is 0 Å². The lowest BCUT2D eigenvalue weighted by atomic mass is 10.4. The number of nitrogens with one attached hydrogen (secondary N) is 2. The van der Waals surface area contributed by atoms with Gasteiger partial charge in [-0.05, 0) is 6.54 Å². The third-order valence-corrected chi connectivity index (χ3v) is 2.95.